The molecule has 1 heterocycles. The van der Waals surface area contributed by atoms with Crippen LogP contribution in [0.1, 0.15) is 20.8 Å². The standard InChI is InChI=1S/C13H19N3O6/c1-13(2,3)22-12(18)15-7-9(17)8-21-10-5-4-6-14-11(10)16(19)20/h4-6,9,17H,7-8H2,1-3H3,(H,15,18). The molecule has 0 saturated carbocycles. The molecule has 1 unspecified atom stereocenters. The van der Waals surface area contributed by atoms with E-state index >= 15 is 0 Å². The van der Waals surface area contributed by atoms with Crippen LogP contribution in [0.5, 0.6) is 5.75 Å². The van der Waals surface area contributed by atoms with Gasteiger partial charge in [-0.2, -0.15) is 0 Å². The summed E-state index contributed by atoms with van der Waals surface area (Å²) >= 11 is 0. The Bertz CT molecular complexity index is 529. The second-order valence-electron chi connectivity index (χ2n) is 5.43. The number of amides is 1. The predicted molar refractivity (Wildman–Crippen MR) is 76.6 cm³/mol. The third kappa shape index (κ3) is 6.35. The van der Waals surface area contributed by atoms with E-state index in [-0.39, 0.29) is 18.9 Å². The van der Waals surface area contributed by atoms with E-state index in [1.54, 1.807) is 20.8 Å². The number of nitrogens with one attached hydrogen (secondary N) is 1. The Morgan fingerprint density at radius 3 is 2.82 bits per heavy atom. The van der Waals surface area contributed by atoms with Crippen LogP contribution in [0.3, 0.4) is 0 Å². The fourth-order valence-corrected chi connectivity index (χ4v) is 1.39. The number of carbonyl (C=O) groups is 1. The fraction of sp³-hybridized carbons (Fsp3) is 0.538. The van der Waals surface area contributed by atoms with Gasteiger partial charge in [0.1, 0.15) is 24.5 Å². The molecule has 0 spiro atoms. The van der Waals surface area contributed by atoms with Crippen molar-refractivity contribution in [2.24, 2.45) is 0 Å². The number of carbonyl (C=O) groups excluding carboxylic acids is 1. The van der Waals surface area contributed by atoms with Crippen LogP contribution >= 0.6 is 0 Å². The third-order valence-electron chi connectivity index (χ3n) is 2.24. The van der Waals surface area contributed by atoms with Crippen LogP contribution in [0.25, 0.3) is 0 Å². The Kier molecular flexibility index (Phi) is 6.05. The zero-order valence-corrected chi connectivity index (χ0v) is 12.6. The maximum atomic E-state index is 11.4. The molecule has 22 heavy (non-hydrogen) atoms. The number of rotatable bonds is 6. The number of hydrogen-bond acceptors (Lipinski definition) is 7. The number of nitrogens with zero attached hydrogens (tertiary/aromatic N) is 2. The van der Waals surface area contributed by atoms with Crippen LogP contribution < -0.4 is 10.1 Å². The number of pyridine rings is 1. The van der Waals surface area contributed by atoms with Gasteiger partial charge < -0.3 is 30.0 Å². The minimum absolute atomic E-state index is 0.0520. The highest BCUT2D eigenvalue weighted by atomic mass is 16.6. The molecule has 0 radical (unpaired) electrons. The normalized spacial score (nSPS) is 12.4. The Balaban J connectivity index is 2.42. The van der Waals surface area contributed by atoms with Crippen LogP contribution in [-0.2, 0) is 4.74 Å². The fourth-order valence-electron chi connectivity index (χ4n) is 1.39. The van der Waals surface area contributed by atoms with E-state index in [0.29, 0.717) is 0 Å². The van der Waals surface area contributed by atoms with Crippen LogP contribution in [0.15, 0.2) is 18.3 Å². The summed E-state index contributed by atoms with van der Waals surface area (Å²) in [6, 6.07) is 2.85. The summed E-state index contributed by atoms with van der Waals surface area (Å²) in [5.74, 6) is -0.487. The van der Waals surface area contributed by atoms with Crippen molar-refractivity contribution in [2.45, 2.75) is 32.5 Å². The van der Waals surface area contributed by atoms with Gasteiger partial charge in [0, 0.05) is 0 Å². The van der Waals surface area contributed by atoms with E-state index in [1.165, 1.54) is 18.3 Å². The first-order valence-electron chi connectivity index (χ1n) is 6.56. The Labute approximate surface area is 127 Å². The largest absolute Gasteiger partial charge is 0.483 e. The van der Waals surface area contributed by atoms with Crippen LogP contribution in [0, 0.1) is 10.1 Å². The number of alkyl carbamates (subject to hydrolysis) is 1. The second-order valence-corrected chi connectivity index (χ2v) is 5.43. The van der Waals surface area contributed by atoms with Gasteiger partial charge in [-0.3, -0.25) is 0 Å². The van der Waals surface area contributed by atoms with Crippen molar-refractivity contribution < 1.29 is 24.3 Å². The Morgan fingerprint density at radius 1 is 1.55 bits per heavy atom. The molecule has 0 aromatic carbocycles. The zero-order valence-electron chi connectivity index (χ0n) is 12.6. The average molecular weight is 313 g/mol. The van der Waals surface area contributed by atoms with Crippen molar-refractivity contribution >= 4 is 11.9 Å². The maximum absolute atomic E-state index is 11.4. The lowest BCUT2D eigenvalue weighted by atomic mass is 10.2. The van der Waals surface area contributed by atoms with Crippen molar-refractivity contribution in [3.8, 4) is 5.75 Å². The molecule has 9 heteroatoms. The summed E-state index contributed by atoms with van der Waals surface area (Å²) in [5.41, 5.74) is -0.637. The van der Waals surface area contributed by atoms with Gasteiger partial charge >= 0.3 is 11.9 Å². The lowest BCUT2D eigenvalue weighted by Gasteiger charge is -2.20. The number of aliphatic hydroxyl groups excluding tert-OH is 1. The van der Waals surface area contributed by atoms with E-state index in [0.717, 1.165) is 0 Å². The van der Waals surface area contributed by atoms with E-state index in [9.17, 15) is 20.0 Å². The van der Waals surface area contributed by atoms with Gasteiger partial charge in [0.05, 0.1) is 6.54 Å². The second kappa shape index (κ2) is 7.55. The smallest absolute Gasteiger partial charge is 0.407 e. The van der Waals surface area contributed by atoms with Crippen molar-refractivity contribution in [3.63, 3.8) is 0 Å². The zero-order chi connectivity index (χ0) is 16.8. The van der Waals surface area contributed by atoms with Gasteiger partial charge in [0.15, 0.2) is 0 Å². The van der Waals surface area contributed by atoms with Gasteiger partial charge in [-0.05, 0) is 42.8 Å². The van der Waals surface area contributed by atoms with Crippen molar-refractivity contribution in [2.75, 3.05) is 13.2 Å². The summed E-state index contributed by atoms with van der Waals surface area (Å²) in [6.45, 7) is 4.81. The highest BCUT2D eigenvalue weighted by Gasteiger charge is 2.19. The Hall–Kier alpha value is -2.42. The molecule has 9 nitrogen and oxygen atoms in total. The average Bonchev–Trinajstić information content (AvgIpc) is 2.41. The van der Waals surface area contributed by atoms with E-state index < -0.39 is 28.5 Å². The molecule has 1 atom stereocenters. The monoisotopic (exact) mass is 313 g/mol. The summed E-state index contributed by atoms with van der Waals surface area (Å²) < 4.78 is 10.1. The topological polar surface area (TPSA) is 124 Å². The molecule has 1 rings (SSSR count). The number of nitro groups is 1. The molecule has 0 saturated heterocycles. The van der Waals surface area contributed by atoms with Crippen molar-refractivity contribution in [1.82, 2.24) is 10.3 Å². The van der Waals surface area contributed by atoms with E-state index in [1.807, 2.05) is 0 Å². The van der Waals surface area contributed by atoms with E-state index in [2.05, 4.69) is 10.3 Å². The first-order chi connectivity index (χ1) is 10.2. The third-order valence-corrected chi connectivity index (χ3v) is 2.24. The van der Waals surface area contributed by atoms with Crippen LogP contribution in [0.4, 0.5) is 10.6 Å². The highest BCUT2D eigenvalue weighted by Crippen LogP contribution is 2.22. The van der Waals surface area contributed by atoms with Crippen LogP contribution in [-0.4, -0.2) is 46.0 Å². The predicted octanol–water partition coefficient (Wildman–Crippen LogP) is 1.25. The molecule has 0 aliphatic rings. The molecule has 1 amide bonds. The van der Waals surface area contributed by atoms with Gasteiger partial charge in [-0.15, -0.1) is 0 Å². The minimum Gasteiger partial charge on any atom is -0.483 e. The molecular weight excluding hydrogens is 294 g/mol. The van der Waals surface area contributed by atoms with Crippen LogP contribution in [0.2, 0.25) is 0 Å². The lowest BCUT2D eigenvalue weighted by molar-refractivity contribution is -0.390. The molecule has 2 N–H and O–H groups in total. The minimum atomic E-state index is -1.05. The number of aromatic nitrogens is 1. The molecule has 1 aromatic heterocycles. The van der Waals surface area contributed by atoms with Gasteiger partial charge in [-0.25, -0.2) is 4.79 Å². The van der Waals surface area contributed by atoms with Gasteiger partial charge in [0.2, 0.25) is 5.75 Å². The van der Waals surface area contributed by atoms with Gasteiger partial charge in [-0.1, -0.05) is 0 Å². The Morgan fingerprint density at radius 2 is 2.23 bits per heavy atom. The molecule has 0 aliphatic carbocycles. The first-order valence-corrected chi connectivity index (χ1v) is 6.56. The van der Waals surface area contributed by atoms with Crippen molar-refractivity contribution in [1.29, 1.82) is 0 Å². The molecule has 0 fully saturated rings. The summed E-state index contributed by atoms with van der Waals surface area (Å²) in [4.78, 5) is 25.0. The number of hydrogen-bond donors (Lipinski definition) is 2. The summed E-state index contributed by atoms with van der Waals surface area (Å²) in [7, 11) is 0. The summed E-state index contributed by atoms with van der Waals surface area (Å²) in [6.07, 6.45) is -0.447. The number of aliphatic hydroxyl groups is 1. The first kappa shape index (κ1) is 17.6. The maximum Gasteiger partial charge on any atom is 0.407 e. The van der Waals surface area contributed by atoms with Crippen molar-refractivity contribution in [3.05, 3.63) is 28.4 Å². The highest BCUT2D eigenvalue weighted by molar-refractivity contribution is 5.67. The molecular formula is C13H19N3O6. The molecule has 0 bridgehead atoms. The molecule has 122 valence electrons. The molecule has 0 aliphatic heterocycles. The van der Waals surface area contributed by atoms with E-state index in [4.69, 9.17) is 9.47 Å². The van der Waals surface area contributed by atoms with Gasteiger partial charge in [0.25, 0.3) is 0 Å². The molecule has 1 aromatic rings. The number of ether oxygens (including phenoxy) is 2. The SMILES string of the molecule is CC(C)(C)OC(=O)NCC(O)COc1cccnc1[N+](=O)[O-]. The lowest BCUT2D eigenvalue weighted by Crippen LogP contribution is -2.38. The quantitative estimate of drug-likeness (QED) is 0.598. The summed E-state index contributed by atoms with van der Waals surface area (Å²) in [5, 5.41) is 22.8.